The van der Waals surface area contributed by atoms with Crippen LogP contribution in [0.1, 0.15) is 33.0 Å². The lowest BCUT2D eigenvalue weighted by atomic mass is 10.1. The first-order valence-electron chi connectivity index (χ1n) is 8.66. The van der Waals surface area contributed by atoms with Gasteiger partial charge in [0.15, 0.2) is 0 Å². The number of amides is 2. The summed E-state index contributed by atoms with van der Waals surface area (Å²) in [6.07, 6.45) is 0.840. The third kappa shape index (κ3) is 4.83. The summed E-state index contributed by atoms with van der Waals surface area (Å²) in [4.78, 5) is 24.4. The minimum Gasteiger partial charge on any atom is -0.343 e. The number of aryl methyl sites for hydroxylation is 1. The third-order valence-corrected chi connectivity index (χ3v) is 7.25. The Hall–Kier alpha value is -1.92. The van der Waals surface area contributed by atoms with E-state index in [1.165, 1.54) is 17.1 Å². The largest absolute Gasteiger partial charge is 0.343 e. The van der Waals surface area contributed by atoms with Crippen molar-refractivity contribution in [1.29, 1.82) is 0 Å². The fourth-order valence-corrected chi connectivity index (χ4v) is 5.61. The second-order valence-electron chi connectivity index (χ2n) is 5.94. The summed E-state index contributed by atoms with van der Waals surface area (Å²) in [6, 6.07) is 15.3. The van der Waals surface area contributed by atoms with E-state index in [4.69, 9.17) is 0 Å². The number of hydrogen-bond acceptors (Lipinski definition) is 4. The number of anilines is 1. The van der Waals surface area contributed by atoms with E-state index >= 15 is 0 Å². The van der Waals surface area contributed by atoms with Crippen molar-refractivity contribution in [3.63, 3.8) is 0 Å². The average Bonchev–Trinajstić information content (AvgIpc) is 3.21. The number of carbonyl (C=O) groups is 2. The molecule has 1 aliphatic heterocycles. The van der Waals surface area contributed by atoms with Crippen LogP contribution in [0.25, 0.3) is 0 Å². The first-order chi connectivity index (χ1) is 12.7. The predicted octanol–water partition coefficient (Wildman–Crippen LogP) is 4.10. The van der Waals surface area contributed by atoms with Gasteiger partial charge in [0, 0.05) is 22.8 Å². The molecule has 1 saturated heterocycles. The molecule has 0 aromatic heterocycles. The van der Waals surface area contributed by atoms with E-state index < -0.39 is 0 Å². The molecule has 2 aromatic carbocycles. The Morgan fingerprint density at radius 2 is 1.73 bits per heavy atom. The highest BCUT2D eigenvalue weighted by molar-refractivity contribution is 8.19. The molecule has 0 bridgehead atoms. The van der Waals surface area contributed by atoms with Gasteiger partial charge in [0.2, 0.25) is 5.91 Å². The van der Waals surface area contributed by atoms with Crippen LogP contribution in [0.3, 0.4) is 0 Å². The third-order valence-electron chi connectivity index (χ3n) is 4.15. The molecule has 0 radical (unpaired) electrons. The normalized spacial score (nSPS) is 14.2. The molecule has 1 heterocycles. The molecule has 2 N–H and O–H groups in total. The van der Waals surface area contributed by atoms with Crippen LogP contribution in [0, 0.1) is 0 Å². The lowest BCUT2D eigenvalue weighted by Gasteiger charge is -2.11. The molecule has 0 aliphatic carbocycles. The lowest BCUT2D eigenvalue weighted by molar-refractivity contribution is -0.115. The van der Waals surface area contributed by atoms with Crippen LogP contribution in [0.5, 0.6) is 0 Å². The van der Waals surface area contributed by atoms with Crippen LogP contribution in [0.15, 0.2) is 48.5 Å². The molecule has 136 valence electrons. The summed E-state index contributed by atoms with van der Waals surface area (Å²) in [7, 11) is 0. The van der Waals surface area contributed by atoms with Crippen molar-refractivity contribution in [2.24, 2.45) is 0 Å². The van der Waals surface area contributed by atoms with E-state index in [1.807, 2.05) is 79.0 Å². The Kier molecular flexibility index (Phi) is 6.63. The van der Waals surface area contributed by atoms with Crippen molar-refractivity contribution >= 4 is 41.0 Å². The van der Waals surface area contributed by atoms with Gasteiger partial charge < -0.3 is 10.6 Å². The van der Waals surface area contributed by atoms with Crippen molar-refractivity contribution in [3.05, 3.63) is 65.2 Å². The second kappa shape index (κ2) is 9.14. The summed E-state index contributed by atoms with van der Waals surface area (Å²) in [5.74, 6) is 1.89. The number of benzene rings is 2. The summed E-state index contributed by atoms with van der Waals surface area (Å²) >= 11 is 3.87. The van der Waals surface area contributed by atoms with Crippen molar-refractivity contribution < 1.29 is 9.59 Å². The predicted molar refractivity (Wildman–Crippen MR) is 111 cm³/mol. The number of para-hydroxylation sites is 1. The van der Waals surface area contributed by atoms with E-state index in [2.05, 4.69) is 10.6 Å². The first kappa shape index (κ1) is 18.9. The maximum Gasteiger partial charge on any atom is 0.251 e. The topological polar surface area (TPSA) is 58.2 Å². The van der Waals surface area contributed by atoms with Gasteiger partial charge in [-0.2, -0.15) is 0 Å². The first-order valence-corrected chi connectivity index (χ1v) is 10.8. The standard InChI is InChI=1S/C20H22N2O2S2/c1-2-14-5-3-4-6-17(14)22-18(23)13-21-19(24)15-7-9-16(10-8-15)20-25-11-12-26-20/h3-10,20H,2,11-13H2,1H3,(H,21,24)(H,22,23). The fraction of sp³-hybridized carbons (Fsp3) is 0.300. The number of nitrogens with one attached hydrogen (secondary N) is 2. The van der Waals surface area contributed by atoms with E-state index in [-0.39, 0.29) is 18.4 Å². The minimum atomic E-state index is -0.234. The number of hydrogen-bond donors (Lipinski definition) is 2. The van der Waals surface area contributed by atoms with Gasteiger partial charge in [0.05, 0.1) is 11.1 Å². The number of rotatable bonds is 6. The maximum atomic E-state index is 12.3. The van der Waals surface area contributed by atoms with Gasteiger partial charge in [-0.05, 0) is 35.7 Å². The van der Waals surface area contributed by atoms with E-state index in [1.54, 1.807) is 0 Å². The zero-order chi connectivity index (χ0) is 18.4. The summed E-state index contributed by atoms with van der Waals surface area (Å²) in [5.41, 5.74) is 3.68. The molecule has 0 atom stereocenters. The van der Waals surface area contributed by atoms with Gasteiger partial charge in [-0.15, -0.1) is 23.5 Å². The molecule has 6 heteroatoms. The van der Waals surface area contributed by atoms with Crippen LogP contribution in [0.4, 0.5) is 5.69 Å². The zero-order valence-corrected chi connectivity index (χ0v) is 16.3. The van der Waals surface area contributed by atoms with Gasteiger partial charge in [-0.25, -0.2) is 0 Å². The van der Waals surface area contributed by atoms with Crippen molar-refractivity contribution in [2.45, 2.75) is 17.9 Å². The Bertz CT molecular complexity index is 772. The van der Waals surface area contributed by atoms with Crippen LogP contribution >= 0.6 is 23.5 Å². The highest BCUT2D eigenvalue weighted by Gasteiger charge is 2.18. The number of thioether (sulfide) groups is 2. The Morgan fingerprint density at radius 1 is 1.04 bits per heavy atom. The van der Waals surface area contributed by atoms with Crippen LogP contribution in [-0.2, 0) is 11.2 Å². The van der Waals surface area contributed by atoms with Crippen molar-refractivity contribution in [2.75, 3.05) is 23.4 Å². The maximum absolute atomic E-state index is 12.3. The molecule has 2 amide bonds. The lowest BCUT2D eigenvalue weighted by Crippen LogP contribution is -2.33. The Labute approximate surface area is 162 Å². The van der Waals surface area contributed by atoms with E-state index in [0.29, 0.717) is 10.1 Å². The molecule has 4 nitrogen and oxygen atoms in total. The SMILES string of the molecule is CCc1ccccc1NC(=O)CNC(=O)c1ccc(C2SCCS2)cc1. The van der Waals surface area contributed by atoms with Crippen molar-refractivity contribution in [3.8, 4) is 0 Å². The van der Waals surface area contributed by atoms with Gasteiger partial charge in [0.25, 0.3) is 5.91 Å². The van der Waals surface area contributed by atoms with Gasteiger partial charge in [-0.3, -0.25) is 9.59 Å². The smallest absolute Gasteiger partial charge is 0.251 e. The average molecular weight is 387 g/mol. The van der Waals surface area contributed by atoms with E-state index in [0.717, 1.165) is 17.7 Å². The molecule has 1 fully saturated rings. The van der Waals surface area contributed by atoms with Gasteiger partial charge in [0.1, 0.15) is 0 Å². The molecule has 1 aliphatic rings. The minimum absolute atomic E-state index is 0.0486. The molecule has 26 heavy (non-hydrogen) atoms. The van der Waals surface area contributed by atoms with Crippen LogP contribution in [-0.4, -0.2) is 29.9 Å². The summed E-state index contributed by atoms with van der Waals surface area (Å²) < 4.78 is 0.469. The quantitative estimate of drug-likeness (QED) is 0.785. The van der Waals surface area contributed by atoms with Gasteiger partial charge in [-0.1, -0.05) is 37.3 Å². The number of carbonyl (C=O) groups excluding carboxylic acids is 2. The van der Waals surface area contributed by atoms with Crippen LogP contribution in [0.2, 0.25) is 0 Å². The van der Waals surface area contributed by atoms with Gasteiger partial charge >= 0.3 is 0 Å². The summed E-state index contributed by atoms with van der Waals surface area (Å²) in [6.45, 7) is 1.99. The van der Waals surface area contributed by atoms with Crippen LogP contribution < -0.4 is 10.6 Å². The molecule has 0 spiro atoms. The molecule has 3 rings (SSSR count). The molecular weight excluding hydrogens is 364 g/mol. The molecule has 0 unspecified atom stereocenters. The zero-order valence-electron chi connectivity index (χ0n) is 14.7. The molecule has 0 saturated carbocycles. The summed E-state index contributed by atoms with van der Waals surface area (Å²) in [5, 5.41) is 5.54. The molecule has 2 aromatic rings. The molecular formula is C20H22N2O2S2. The van der Waals surface area contributed by atoms with E-state index in [9.17, 15) is 9.59 Å². The second-order valence-corrected chi connectivity index (χ2v) is 8.66. The van der Waals surface area contributed by atoms with Crippen molar-refractivity contribution in [1.82, 2.24) is 5.32 Å². The fourth-order valence-electron chi connectivity index (χ4n) is 2.75. The Balaban J connectivity index is 1.52. The highest BCUT2D eigenvalue weighted by atomic mass is 32.2. The monoisotopic (exact) mass is 386 g/mol. The highest BCUT2D eigenvalue weighted by Crippen LogP contribution is 2.45. The Morgan fingerprint density at radius 3 is 2.42 bits per heavy atom.